The van der Waals surface area contributed by atoms with E-state index in [1.165, 1.54) is 0 Å². The van der Waals surface area contributed by atoms with Crippen molar-refractivity contribution in [3.63, 3.8) is 0 Å². The third kappa shape index (κ3) is 3.27. The Balaban J connectivity index is 1.97. The summed E-state index contributed by atoms with van der Waals surface area (Å²) in [6.45, 7) is 0.447. The van der Waals surface area contributed by atoms with Crippen molar-refractivity contribution in [1.29, 1.82) is 0 Å². The van der Waals surface area contributed by atoms with Crippen molar-refractivity contribution in [3.05, 3.63) is 94.4 Å². The summed E-state index contributed by atoms with van der Waals surface area (Å²) in [6.07, 6.45) is 1.57. The Labute approximate surface area is 140 Å². The zero-order chi connectivity index (χ0) is 16.9. The van der Waals surface area contributed by atoms with E-state index < -0.39 is 0 Å². The molecule has 1 heterocycles. The summed E-state index contributed by atoms with van der Waals surface area (Å²) < 4.78 is 0. The van der Waals surface area contributed by atoms with Crippen LogP contribution in [0.5, 0.6) is 0 Å². The molecule has 0 atom stereocenters. The van der Waals surface area contributed by atoms with E-state index in [9.17, 15) is 9.59 Å². The van der Waals surface area contributed by atoms with Crippen LogP contribution < -0.4 is 5.56 Å². The fraction of sp³-hybridized carbons (Fsp3) is 0.100. The van der Waals surface area contributed by atoms with Gasteiger partial charge in [-0.1, -0.05) is 60.7 Å². The van der Waals surface area contributed by atoms with E-state index in [0.717, 1.165) is 11.1 Å². The summed E-state index contributed by atoms with van der Waals surface area (Å²) >= 11 is 0. The summed E-state index contributed by atoms with van der Waals surface area (Å²) in [5.74, 6) is -0.292. The Bertz CT molecular complexity index is 886. The molecule has 0 aliphatic rings. The van der Waals surface area contributed by atoms with Gasteiger partial charge >= 0.3 is 0 Å². The normalized spacial score (nSPS) is 10.4. The smallest absolute Gasteiger partial charge is 0.261 e. The molecule has 1 N–H and O–H groups in total. The first-order valence-electron chi connectivity index (χ1n) is 7.73. The van der Waals surface area contributed by atoms with Gasteiger partial charge in [0, 0.05) is 25.4 Å². The van der Waals surface area contributed by atoms with Crippen LogP contribution in [0.3, 0.4) is 0 Å². The highest BCUT2D eigenvalue weighted by molar-refractivity contribution is 6.00. The second kappa shape index (κ2) is 6.96. The molecule has 120 valence electrons. The summed E-state index contributed by atoms with van der Waals surface area (Å²) in [6, 6.07) is 20.9. The van der Waals surface area contributed by atoms with Gasteiger partial charge in [-0.25, -0.2) is 0 Å². The molecular weight excluding hydrogens is 300 g/mol. The van der Waals surface area contributed by atoms with Crippen molar-refractivity contribution in [3.8, 4) is 11.1 Å². The topological polar surface area (TPSA) is 53.2 Å². The maximum absolute atomic E-state index is 12.9. The molecule has 3 aromatic rings. The van der Waals surface area contributed by atoms with Crippen LogP contribution in [-0.2, 0) is 6.54 Å². The average Bonchev–Trinajstić information content (AvgIpc) is 2.62. The van der Waals surface area contributed by atoms with E-state index in [0.29, 0.717) is 12.1 Å². The highest BCUT2D eigenvalue weighted by atomic mass is 16.2. The van der Waals surface area contributed by atoms with E-state index in [1.54, 1.807) is 24.2 Å². The monoisotopic (exact) mass is 318 g/mol. The highest BCUT2D eigenvalue weighted by Crippen LogP contribution is 2.22. The fourth-order valence-electron chi connectivity index (χ4n) is 2.67. The molecule has 0 bridgehead atoms. The molecule has 0 spiro atoms. The number of hydrogen-bond donors (Lipinski definition) is 1. The van der Waals surface area contributed by atoms with Crippen molar-refractivity contribution >= 4 is 5.91 Å². The van der Waals surface area contributed by atoms with Crippen LogP contribution in [-0.4, -0.2) is 22.8 Å². The minimum absolute atomic E-state index is 0.169. The Morgan fingerprint density at radius 2 is 1.58 bits per heavy atom. The van der Waals surface area contributed by atoms with Crippen LogP contribution >= 0.6 is 0 Å². The quantitative estimate of drug-likeness (QED) is 0.802. The Hall–Kier alpha value is -3.14. The molecule has 2 aromatic carbocycles. The lowest BCUT2D eigenvalue weighted by molar-refractivity contribution is 0.0784. The van der Waals surface area contributed by atoms with Gasteiger partial charge in [0.1, 0.15) is 5.56 Å². The zero-order valence-electron chi connectivity index (χ0n) is 13.4. The van der Waals surface area contributed by atoms with Crippen LogP contribution in [0.1, 0.15) is 15.9 Å². The van der Waals surface area contributed by atoms with Gasteiger partial charge in [-0.15, -0.1) is 0 Å². The third-order valence-corrected chi connectivity index (χ3v) is 3.87. The fourth-order valence-corrected chi connectivity index (χ4v) is 2.67. The number of carbonyl (C=O) groups is 1. The molecule has 0 aliphatic carbocycles. The van der Waals surface area contributed by atoms with Gasteiger partial charge in [-0.3, -0.25) is 9.59 Å². The van der Waals surface area contributed by atoms with Crippen LogP contribution in [0, 0.1) is 0 Å². The second-order valence-corrected chi connectivity index (χ2v) is 5.61. The molecule has 24 heavy (non-hydrogen) atoms. The molecule has 0 aliphatic heterocycles. The molecule has 0 unspecified atom stereocenters. The van der Waals surface area contributed by atoms with Crippen LogP contribution in [0.2, 0.25) is 0 Å². The number of aromatic amines is 1. The lowest BCUT2D eigenvalue weighted by Crippen LogP contribution is -2.32. The number of H-pyrrole nitrogens is 1. The molecule has 0 saturated heterocycles. The van der Waals surface area contributed by atoms with Crippen molar-refractivity contribution in [2.75, 3.05) is 7.05 Å². The molecule has 1 aromatic heterocycles. The van der Waals surface area contributed by atoms with Crippen molar-refractivity contribution in [2.24, 2.45) is 0 Å². The van der Waals surface area contributed by atoms with Crippen LogP contribution in [0.25, 0.3) is 11.1 Å². The molecule has 3 rings (SSSR count). The minimum Gasteiger partial charge on any atom is -0.337 e. The summed E-state index contributed by atoms with van der Waals surface area (Å²) in [4.78, 5) is 29.3. The summed E-state index contributed by atoms with van der Waals surface area (Å²) in [5, 5.41) is 0. The van der Waals surface area contributed by atoms with E-state index in [4.69, 9.17) is 0 Å². The lowest BCUT2D eigenvalue weighted by atomic mass is 10.0. The molecule has 1 amide bonds. The van der Waals surface area contributed by atoms with E-state index in [1.807, 2.05) is 60.7 Å². The third-order valence-electron chi connectivity index (χ3n) is 3.87. The van der Waals surface area contributed by atoms with Crippen LogP contribution in [0.4, 0.5) is 0 Å². The first-order chi connectivity index (χ1) is 11.7. The summed E-state index contributed by atoms with van der Waals surface area (Å²) in [7, 11) is 1.70. The second-order valence-electron chi connectivity index (χ2n) is 5.61. The number of aromatic nitrogens is 1. The standard InChI is InChI=1S/C20H18N2O2/c1-22(14-15-8-4-2-5-9-15)20(24)18-17(12-13-21-19(18)23)16-10-6-3-7-11-16/h2-13H,14H2,1H3,(H,21,23). The van der Waals surface area contributed by atoms with E-state index in [-0.39, 0.29) is 17.0 Å². The molecular formula is C20H18N2O2. The number of rotatable bonds is 4. The zero-order valence-corrected chi connectivity index (χ0v) is 13.4. The molecule has 0 saturated carbocycles. The first kappa shape index (κ1) is 15.7. The number of amides is 1. The number of nitrogens with zero attached hydrogens (tertiary/aromatic N) is 1. The van der Waals surface area contributed by atoms with Crippen molar-refractivity contribution < 1.29 is 4.79 Å². The van der Waals surface area contributed by atoms with E-state index >= 15 is 0 Å². The number of hydrogen-bond acceptors (Lipinski definition) is 2. The van der Waals surface area contributed by atoms with Gasteiger partial charge in [-0.05, 0) is 17.2 Å². The highest BCUT2D eigenvalue weighted by Gasteiger charge is 2.20. The van der Waals surface area contributed by atoms with Crippen LogP contribution in [0.15, 0.2) is 77.7 Å². The van der Waals surface area contributed by atoms with Gasteiger partial charge in [0.15, 0.2) is 0 Å². The maximum atomic E-state index is 12.9. The van der Waals surface area contributed by atoms with Gasteiger partial charge in [0.2, 0.25) is 0 Å². The molecule has 4 heteroatoms. The lowest BCUT2D eigenvalue weighted by Gasteiger charge is -2.18. The first-order valence-corrected chi connectivity index (χ1v) is 7.73. The Morgan fingerprint density at radius 3 is 2.25 bits per heavy atom. The van der Waals surface area contributed by atoms with Gasteiger partial charge in [-0.2, -0.15) is 0 Å². The SMILES string of the molecule is CN(Cc1ccccc1)C(=O)c1c(-c2ccccc2)cc[nH]c1=O. The number of pyridine rings is 1. The summed E-state index contributed by atoms with van der Waals surface area (Å²) in [5.41, 5.74) is 2.30. The van der Waals surface area contributed by atoms with Gasteiger partial charge in [0.25, 0.3) is 11.5 Å². The minimum atomic E-state index is -0.374. The van der Waals surface area contributed by atoms with Crippen molar-refractivity contribution in [1.82, 2.24) is 9.88 Å². The van der Waals surface area contributed by atoms with Gasteiger partial charge in [0.05, 0.1) is 0 Å². The predicted octanol–water partition coefficient (Wildman–Crippen LogP) is 3.31. The molecule has 0 fully saturated rings. The average molecular weight is 318 g/mol. The van der Waals surface area contributed by atoms with Crippen molar-refractivity contribution in [2.45, 2.75) is 6.54 Å². The molecule has 4 nitrogen and oxygen atoms in total. The maximum Gasteiger partial charge on any atom is 0.261 e. The predicted molar refractivity (Wildman–Crippen MR) is 94.7 cm³/mol. The number of benzene rings is 2. The van der Waals surface area contributed by atoms with Gasteiger partial charge < -0.3 is 9.88 Å². The Kier molecular flexibility index (Phi) is 4.57. The molecule has 0 radical (unpaired) electrons. The number of carbonyl (C=O) groups excluding carboxylic acids is 1. The number of nitrogens with one attached hydrogen (secondary N) is 1. The van der Waals surface area contributed by atoms with E-state index in [2.05, 4.69) is 4.98 Å². The Morgan fingerprint density at radius 1 is 0.958 bits per heavy atom. The largest absolute Gasteiger partial charge is 0.337 e.